The van der Waals surface area contributed by atoms with Crippen molar-refractivity contribution in [2.45, 2.75) is 25.3 Å². The van der Waals surface area contributed by atoms with E-state index in [1.807, 2.05) is 0 Å². The van der Waals surface area contributed by atoms with Gasteiger partial charge in [0.25, 0.3) is 0 Å². The number of hydrogen-bond acceptors (Lipinski definition) is 3. The van der Waals surface area contributed by atoms with E-state index in [0.717, 1.165) is 18.0 Å². The Labute approximate surface area is 158 Å². The van der Waals surface area contributed by atoms with Gasteiger partial charge in [-0.2, -0.15) is 0 Å². The first-order valence-electron chi connectivity index (χ1n) is 9.14. The molecular weight excluding hydrogens is 336 g/mol. The van der Waals surface area contributed by atoms with Crippen LogP contribution in [-0.4, -0.2) is 10.1 Å². The normalized spacial score (nSPS) is 23.1. The Morgan fingerprint density at radius 3 is 2.54 bits per heavy atom. The summed E-state index contributed by atoms with van der Waals surface area (Å²) in [6.45, 7) is 0. The van der Waals surface area contributed by atoms with Gasteiger partial charge in [-0.05, 0) is 53.0 Å². The minimum Gasteiger partial charge on any atom is -0.315 e. The standard InChI is InChI=1S/C23H20N2S/c1-3-8-17(9-4-1)16-19-12-7-13-20-21(19)24-23-25(14-15-26-23)22(20)18-10-5-2-6-11-18/h1-6,8-11,14-16,22H,7,12-13H2/b19-16+. The molecule has 2 heterocycles. The third-order valence-electron chi connectivity index (χ3n) is 5.19. The van der Waals surface area contributed by atoms with Crippen LogP contribution in [-0.2, 0) is 0 Å². The summed E-state index contributed by atoms with van der Waals surface area (Å²) in [6.07, 6.45) is 7.91. The molecule has 0 saturated carbocycles. The number of fused-ring (bicyclic) bond motifs is 1. The summed E-state index contributed by atoms with van der Waals surface area (Å²) >= 11 is 1.72. The Kier molecular flexibility index (Phi) is 4.02. The van der Waals surface area contributed by atoms with Crippen molar-refractivity contribution in [1.82, 2.24) is 4.90 Å². The first kappa shape index (κ1) is 15.7. The van der Waals surface area contributed by atoms with Gasteiger partial charge in [-0.25, -0.2) is 4.99 Å². The highest BCUT2D eigenvalue weighted by atomic mass is 32.2. The lowest BCUT2D eigenvalue weighted by Gasteiger charge is -2.37. The summed E-state index contributed by atoms with van der Waals surface area (Å²) in [6, 6.07) is 21.7. The number of aliphatic imine (C=N–C) groups is 1. The molecule has 0 N–H and O–H groups in total. The molecule has 0 saturated heterocycles. The van der Waals surface area contributed by atoms with Gasteiger partial charge in [0.1, 0.15) is 0 Å². The van der Waals surface area contributed by atoms with Gasteiger partial charge in [-0.1, -0.05) is 72.4 Å². The fourth-order valence-electron chi connectivity index (χ4n) is 4.04. The monoisotopic (exact) mass is 356 g/mol. The average molecular weight is 356 g/mol. The molecule has 2 aromatic rings. The highest BCUT2D eigenvalue weighted by Gasteiger charge is 2.36. The van der Waals surface area contributed by atoms with Crippen molar-refractivity contribution < 1.29 is 0 Å². The molecule has 1 aliphatic carbocycles. The first-order chi connectivity index (χ1) is 12.9. The van der Waals surface area contributed by atoms with Gasteiger partial charge in [-0.15, -0.1) is 0 Å². The molecule has 3 heteroatoms. The maximum Gasteiger partial charge on any atom is 0.173 e. The second-order valence-corrected chi connectivity index (χ2v) is 7.70. The van der Waals surface area contributed by atoms with Gasteiger partial charge < -0.3 is 4.90 Å². The van der Waals surface area contributed by atoms with Gasteiger partial charge in [0, 0.05) is 6.20 Å². The summed E-state index contributed by atoms with van der Waals surface area (Å²) < 4.78 is 0. The van der Waals surface area contributed by atoms with E-state index < -0.39 is 0 Å². The van der Waals surface area contributed by atoms with Gasteiger partial charge >= 0.3 is 0 Å². The molecule has 3 aliphatic rings. The Hall–Kier alpha value is -2.52. The molecule has 0 fully saturated rings. The molecule has 1 unspecified atom stereocenters. The predicted molar refractivity (Wildman–Crippen MR) is 110 cm³/mol. The van der Waals surface area contributed by atoms with Crippen LogP contribution in [0.5, 0.6) is 0 Å². The van der Waals surface area contributed by atoms with Crippen LogP contribution in [0.2, 0.25) is 0 Å². The minimum atomic E-state index is 0.268. The van der Waals surface area contributed by atoms with E-state index in [-0.39, 0.29) is 6.04 Å². The maximum atomic E-state index is 5.07. The lowest BCUT2D eigenvalue weighted by atomic mass is 9.83. The summed E-state index contributed by atoms with van der Waals surface area (Å²) in [7, 11) is 0. The van der Waals surface area contributed by atoms with Crippen LogP contribution < -0.4 is 0 Å². The summed E-state index contributed by atoms with van der Waals surface area (Å²) in [5.41, 5.74) is 6.66. The smallest absolute Gasteiger partial charge is 0.173 e. The van der Waals surface area contributed by atoms with Crippen LogP contribution in [0.25, 0.3) is 6.08 Å². The van der Waals surface area contributed by atoms with Crippen LogP contribution in [0, 0.1) is 0 Å². The SMILES string of the molecule is C1=CN2C(=NC3=C(CCC/C3=C\c3ccccc3)C2c2ccccc2)S1. The van der Waals surface area contributed by atoms with Crippen molar-refractivity contribution in [3.05, 3.63) is 100 Å². The topological polar surface area (TPSA) is 15.6 Å². The van der Waals surface area contributed by atoms with Gasteiger partial charge in [0.2, 0.25) is 0 Å². The summed E-state index contributed by atoms with van der Waals surface area (Å²) in [5.74, 6) is 0. The molecule has 128 valence electrons. The fourth-order valence-corrected chi connectivity index (χ4v) is 4.78. The zero-order valence-corrected chi connectivity index (χ0v) is 15.3. The number of thioether (sulfide) groups is 1. The number of benzene rings is 2. The number of hydrogen-bond donors (Lipinski definition) is 0. The zero-order chi connectivity index (χ0) is 17.3. The third kappa shape index (κ3) is 2.73. The van der Waals surface area contributed by atoms with E-state index in [4.69, 9.17) is 4.99 Å². The Bertz CT molecular complexity index is 939. The summed E-state index contributed by atoms with van der Waals surface area (Å²) in [4.78, 5) is 7.41. The van der Waals surface area contributed by atoms with E-state index in [1.165, 1.54) is 34.4 Å². The van der Waals surface area contributed by atoms with E-state index >= 15 is 0 Å². The molecule has 26 heavy (non-hydrogen) atoms. The Morgan fingerprint density at radius 2 is 1.73 bits per heavy atom. The van der Waals surface area contributed by atoms with E-state index in [0.29, 0.717) is 0 Å². The number of rotatable bonds is 2. The molecule has 1 atom stereocenters. The molecule has 0 aromatic heterocycles. The highest BCUT2D eigenvalue weighted by molar-refractivity contribution is 8.16. The lowest BCUT2D eigenvalue weighted by molar-refractivity contribution is 0.441. The molecule has 2 aromatic carbocycles. The van der Waals surface area contributed by atoms with E-state index in [1.54, 1.807) is 11.8 Å². The molecule has 0 spiro atoms. The van der Waals surface area contributed by atoms with Crippen molar-refractivity contribution in [2.75, 3.05) is 0 Å². The first-order valence-corrected chi connectivity index (χ1v) is 10.0. The van der Waals surface area contributed by atoms with Crippen molar-refractivity contribution >= 4 is 23.0 Å². The second-order valence-electron chi connectivity index (χ2n) is 6.83. The van der Waals surface area contributed by atoms with Crippen molar-refractivity contribution in [3.8, 4) is 0 Å². The fraction of sp³-hybridized carbons (Fsp3) is 0.174. The molecule has 0 bridgehead atoms. The number of amidine groups is 1. The van der Waals surface area contributed by atoms with Crippen LogP contribution in [0.3, 0.4) is 0 Å². The second kappa shape index (κ2) is 6.65. The predicted octanol–water partition coefficient (Wildman–Crippen LogP) is 6.14. The van der Waals surface area contributed by atoms with E-state index in [2.05, 4.69) is 83.2 Å². The van der Waals surface area contributed by atoms with Crippen LogP contribution in [0.15, 0.2) is 94.1 Å². The molecule has 2 nitrogen and oxygen atoms in total. The minimum absolute atomic E-state index is 0.268. The quantitative estimate of drug-likeness (QED) is 0.642. The van der Waals surface area contributed by atoms with Crippen LogP contribution >= 0.6 is 11.8 Å². The zero-order valence-electron chi connectivity index (χ0n) is 14.5. The molecule has 2 aliphatic heterocycles. The van der Waals surface area contributed by atoms with Crippen molar-refractivity contribution in [3.63, 3.8) is 0 Å². The van der Waals surface area contributed by atoms with Crippen LogP contribution in [0.4, 0.5) is 0 Å². The molecule has 0 amide bonds. The third-order valence-corrected chi connectivity index (χ3v) is 5.96. The van der Waals surface area contributed by atoms with Crippen molar-refractivity contribution in [2.24, 2.45) is 4.99 Å². The van der Waals surface area contributed by atoms with Crippen LogP contribution in [0.1, 0.15) is 36.4 Å². The summed E-state index contributed by atoms with van der Waals surface area (Å²) in [5, 5.41) is 3.24. The maximum absolute atomic E-state index is 5.07. The van der Waals surface area contributed by atoms with Gasteiger partial charge in [0.05, 0.1) is 11.7 Å². The Balaban J connectivity index is 1.64. The highest BCUT2D eigenvalue weighted by Crippen LogP contribution is 2.47. The molecule has 0 radical (unpaired) electrons. The van der Waals surface area contributed by atoms with Gasteiger partial charge in [-0.3, -0.25) is 0 Å². The lowest BCUT2D eigenvalue weighted by Crippen LogP contribution is -2.32. The van der Waals surface area contributed by atoms with E-state index in [9.17, 15) is 0 Å². The molecular formula is C23H20N2S. The van der Waals surface area contributed by atoms with Gasteiger partial charge in [0.15, 0.2) is 5.17 Å². The molecule has 5 rings (SSSR count). The number of allylic oxidation sites excluding steroid dienone is 1. The Morgan fingerprint density at radius 1 is 0.962 bits per heavy atom. The average Bonchev–Trinajstić information content (AvgIpc) is 3.16. The number of nitrogens with zero attached hydrogens (tertiary/aromatic N) is 2. The largest absolute Gasteiger partial charge is 0.315 e. The van der Waals surface area contributed by atoms with Crippen molar-refractivity contribution in [1.29, 1.82) is 0 Å².